The van der Waals surface area contributed by atoms with Crippen molar-refractivity contribution in [3.05, 3.63) is 15.7 Å². The number of likely N-dealkylation sites (tertiary alicyclic amines) is 1. The molecule has 0 aromatic carbocycles. The predicted octanol–water partition coefficient (Wildman–Crippen LogP) is 2.06. The van der Waals surface area contributed by atoms with Crippen LogP contribution in [0.15, 0.2) is 6.20 Å². The predicted molar refractivity (Wildman–Crippen MR) is 89.2 cm³/mol. The Labute approximate surface area is 143 Å². The highest BCUT2D eigenvalue weighted by Gasteiger charge is 2.36. The number of methoxy groups -OCH3 is 1. The number of alkyl carbamates (subject to hydrolysis) is 1. The Balaban J connectivity index is 2.16. The summed E-state index contributed by atoms with van der Waals surface area (Å²) in [6, 6.07) is -0.598. The van der Waals surface area contributed by atoms with Crippen molar-refractivity contribution in [2.45, 2.75) is 38.8 Å². The zero-order valence-corrected chi connectivity index (χ0v) is 15.1. The number of carbonyl (C=O) groups excluding carboxylic acids is 2. The minimum absolute atomic E-state index is 0.00999. The molecule has 0 radical (unpaired) electrons. The lowest BCUT2D eigenvalue weighted by Gasteiger charge is -2.30. The van der Waals surface area contributed by atoms with Crippen LogP contribution in [-0.2, 0) is 9.53 Å². The summed E-state index contributed by atoms with van der Waals surface area (Å²) < 4.78 is 5.43. The minimum Gasteiger partial charge on any atom is -0.453 e. The second kappa shape index (κ2) is 7.30. The Kier molecular flexibility index (Phi) is 5.65. The fourth-order valence-electron chi connectivity index (χ4n) is 2.71. The number of ether oxygens (including phenoxy) is 1. The van der Waals surface area contributed by atoms with Crippen LogP contribution in [0, 0.1) is 9.75 Å². The highest BCUT2D eigenvalue weighted by atomic mass is 127. The molecule has 0 bridgehead atoms. The van der Waals surface area contributed by atoms with Crippen molar-refractivity contribution in [2.75, 3.05) is 13.7 Å². The highest BCUT2D eigenvalue weighted by molar-refractivity contribution is 14.1. The van der Waals surface area contributed by atoms with Crippen LogP contribution < -0.4 is 5.32 Å². The standard InChI is InChI=1S/C14H21IN4O3/c1-8(2)11(18-14(21)22-3)12(20)19-6-4-5-10(19)9-7-16-13(15)17-9/h7-8,10-11H,4-6H2,1-3H3,(H,16,17)(H,18,21). The van der Waals surface area contributed by atoms with Crippen molar-refractivity contribution >= 4 is 34.6 Å². The fraction of sp³-hybridized carbons (Fsp3) is 0.643. The number of halogens is 1. The number of hydrogen-bond donors (Lipinski definition) is 2. The molecule has 2 N–H and O–H groups in total. The largest absolute Gasteiger partial charge is 0.453 e. The van der Waals surface area contributed by atoms with Gasteiger partial charge in [-0.3, -0.25) is 4.79 Å². The summed E-state index contributed by atoms with van der Waals surface area (Å²) in [7, 11) is 1.29. The number of imidazole rings is 1. The Hall–Kier alpha value is -1.32. The van der Waals surface area contributed by atoms with Gasteiger partial charge in [0.2, 0.25) is 5.91 Å². The molecular weight excluding hydrogens is 399 g/mol. The SMILES string of the molecule is COC(=O)NC(C(=O)N1CCCC1c1cnc(I)[nH]1)C(C)C. The molecule has 1 aromatic rings. The van der Waals surface area contributed by atoms with Gasteiger partial charge in [0.1, 0.15) is 6.04 Å². The third-order valence-electron chi connectivity index (χ3n) is 3.85. The van der Waals surface area contributed by atoms with Crippen LogP contribution in [0.5, 0.6) is 0 Å². The van der Waals surface area contributed by atoms with Gasteiger partial charge in [0.05, 0.1) is 25.0 Å². The molecule has 2 rings (SSSR count). The summed E-state index contributed by atoms with van der Waals surface area (Å²) in [5.41, 5.74) is 0.941. The molecule has 2 heterocycles. The Morgan fingerprint density at radius 1 is 1.55 bits per heavy atom. The Morgan fingerprint density at radius 3 is 2.82 bits per heavy atom. The van der Waals surface area contributed by atoms with E-state index in [1.807, 2.05) is 18.7 Å². The molecule has 1 aliphatic heterocycles. The van der Waals surface area contributed by atoms with Crippen LogP contribution in [-0.4, -0.2) is 46.6 Å². The van der Waals surface area contributed by atoms with Gasteiger partial charge in [-0.2, -0.15) is 0 Å². The zero-order valence-electron chi connectivity index (χ0n) is 12.9. The van der Waals surface area contributed by atoms with Crippen molar-refractivity contribution in [2.24, 2.45) is 5.92 Å². The Bertz CT molecular complexity index is 546. The second-order valence-electron chi connectivity index (χ2n) is 5.68. The van der Waals surface area contributed by atoms with E-state index in [2.05, 4.69) is 42.6 Å². The normalized spacial score (nSPS) is 19.3. The van der Waals surface area contributed by atoms with Crippen molar-refractivity contribution in [3.8, 4) is 0 Å². The number of aromatic amines is 1. The van der Waals surface area contributed by atoms with E-state index in [-0.39, 0.29) is 17.9 Å². The molecule has 2 atom stereocenters. The zero-order chi connectivity index (χ0) is 16.3. The van der Waals surface area contributed by atoms with Crippen molar-refractivity contribution in [1.29, 1.82) is 0 Å². The van der Waals surface area contributed by atoms with Crippen molar-refractivity contribution in [3.63, 3.8) is 0 Å². The third-order valence-corrected chi connectivity index (χ3v) is 4.40. The maximum atomic E-state index is 12.8. The third kappa shape index (κ3) is 3.71. The van der Waals surface area contributed by atoms with Gasteiger partial charge in [-0.1, -0.05) is 13.8 Å². The van der Waals surface area contributed by atoms with Crippen LogP contribution in [0.2, 0.25) is 0 Å². The van der Waals surface area contributed by atoms with Gasteiger partial charge in [0.25, 0.3) is 0 Å². The molecular formula is C14H21IN4O3. The maximum absolute atomic E-state index is 12.8. The van der Waals surface area contributed by atoms with E-state index in [1.54, 1.807) is 6.20 Å². The van der Waals surface area contributed by atoms with Crippen LogP contribution in [0.3, 0.4) is 0 Å². The van der Waals surface area contributed by atoms with E-state index < -0.39 is 12.1 Å². The first-order valence-electron chi connectivity index (χ1n) is 7.29. The number of rotatable bonds is 4. The lowest BCUT2D eigenvalue weighted by molar-refractivity contribution is -0.135. The molecule has 7 nitrogen and oxygen atoms in total. The summed E-state index contributed by atoms with van der Waals surface area (Å²) in [5, 5.41) is 2.64. The van der Waals surface area contributed by atoms with Crippen molar-refractivity contribution in [1.82, 2.24) is 20.2 Å². The molecule has 1 saturated heterocycles. The molecule has 0 aliphatic carbocycles. The number of nitrogens with one attached hydrogen (secondary N) is 2. The lowest BCUT2D eigenvalue weighted by Crippen LogP contribution is -2.51. The van der Waals surface area contributed by atoms with E-state index in [0.29, 0.717) is 6.54 Å². The number of aromatic nitrogens is 2. The van der Waals surface area contributed by atoms with Crippen LogP contribution in [0.1, 0.15) is 38.4 Å². The summed E-state index contributed by atoms with van der Waals surface area (Å²) in [5.74, 6) is -0.0951. The molecule has 8 heteroatoms. The first-order chi connectivity index (χ1) is 10.4. The number of amides is 2. The molecule has 2 amide bonds. The van der Waals surface area contributed by atoms with Gasteiger partial charge in [0.15, 0.2) is 3.83 Å². The van der Waals surface area contributed by atoms with Crippen molar-refractivity contribution < 1.29 is 14.3 Å². The number of nitrogens with zero attached hydrogens (tertiary/aromatic N) is 2. The average Bonchev–Trinajstić information content (AvgIpc) is 3.11. The summed E-state index contributed by atoms with van der Waals surface area (Å²) >= 11 is 2.11. The molecule has 2 unspecified atom stereocenters. The molecule has 1 fully saturated rings. The van der Waals surface area contributed by atoms with E-state index in [9.17, 15) is 9.59 Å². The van der Waals surface area contributed by atoms with Crippen LogP contribution in [0.4, 0.5) is 4.79 Å². The average molecular weight is 420 g/mol. The smallest absolute Gasteiger partial charge is 0.407 e. The first-order valence-corrected chi connectivity index (χ1v) is 8.37. The quantitative estimate of drug-likeness (QED) is 0.731. The van der Waals surface area contributed by atoms with Gasteiger partial charge in [0, 0.05) is 6.54 Å². The second-order valence-corrected chi connectivity index (χ2v) is 6.70. The van der Waals surface area contributed by atoms with E-state index in [0.717, 1.165) is 22.4 Å². The van der Waals surface area contributed by atoms with Gasteiger partial charge >= 0.3 is 6.09 Å². The number of H-pyrrole nitrogens is 1. The van der Waals surface area contributed by atoms with E-state index >= 15 is 0 Å². The lowest BCUT2D eigenvalue weighted by atomic mass is 10.0. The van der Waals surface area contributed by atoms with E-state index in [1.165, 1.54) is 7.11 Å². The molecule has 0 saturated carbocycles. The molecule has 122 valence electrons. The van der Waals surface area contributed by atoms with E-state index in [4.69, 9.17) is 0 Å². The van der Waals surface area contributed by atoms with Gasteiger partial charge in [-0.05, 0) is 41.4 Å². The topological polar surface area (TPSA) is 87.3 Å². The van der Waals surface area contributed by atoms with Gasteiger partial charge in [-0.15, -0.1) is 0 Å². The number of carbonyl (C=O) groups is 2. The first kappa shape index (κ1) is 17.0. The van der Waals surface area contributed by atoms with Crippen LogP contribution in [0.25, 0.3) is 0 Å². The summed E-state index contributed by atoms with van der Waals surface area (Å²) in [6.07, 6.45) is 3.03. The fourth-order valence-corrected chi connectivity index (χ4v) is 3.16. The maximum Gasteiger partial charge on any atom is 0.407 e. The summed E-state index contributed by atoms with van der Waals surface area (Å²) in [4.78, 5) is 33.5. The molecule has 0 spiro atoms. The number of hydrogen-bond acceptors (Lipinski definition) is 4. The minimum atomic E-state index is -0.588. The monoisotopic (exact) mass is 420 g/mol. The molecule has 1 aromatic heterocycles. The Morgan fingerprint density at radius 2 is 2.27 bits per heavy atom. The van der Waals surface area contributed by atoms with Crippen LogP contribution >= 0.6 is 22.6 Å². The highest BCUT2D eigenvalue weighted by Crippen LogP contribution is 2.32. The van der Waals surface area contributed by atoms with Gasteiger partial charge in [-0.25, -0.2) is 9.78 Å². The molecule has 22 heavy (non-hydrogen) atoms. The van der Waals surface area contributed by atoms with Gasteiger partial charge < -0.3 is 19.9 Å². The summed E-state index contributed by atoms with van der Waals surface area (Å²) in [6.45, 7) is 4.50. The molecule has 1 aliphatic rings.